The van der Waals surface area contributed by atoms with Crippen molar-refractivity contribution in [2.45, 2.75) is 25.2 Å². The van der Waals surface area contributed by atoms with Gasteiger partial charge in [0.05, 0.1) is 17.2 Å². The second-order valence-corrected chi connectivity index (χ2v) is 9.40. The standard InChI is InChI=1S/C23H21NO4S2/c1-16-7-3-4-11-22(16)30(25,26)27-13-12-20-17(2)28-23(24-20)19-9-5-8-18(15-19)21-10-6-14-29-21/h3-11,14-15H,12-13H2,1-2H3. The van der Waals surface area contributed by atoms with Crippen molar-refractivity contribution >= 4 is 21.5 Å². The average Bonchev–Trinajstić information content (AvgIpc) is 3.39. The van der Waals surface area contributed by atoms with Gasteiger partial charge in [-0.1, -0.05) is 36.4 Å². The summed E-state index contributed by atoms with van der Waals surface area (Å²) < 4.78 is 36.0. The number of benzene rings is 2. The fourth-order valence-corrected chi connectivity index (χ4v) is 5.04. The molecule has 154 valence electrons. The lowest BCUT2D eigenvalue weighted by Gasteiger charge is -2.07. The van der Waals surface area contributed by atoms with Crippen molar-refractivity contribution in [2.24, 2.45) is 0 Å². The van der Waals surface area contributed by atoms with Crippen LogP contribution in [-0.2, 0) is 20.7 Å². The third-order valence-corrected chi connectivity index (χ3v) is 7.14. The van der Waals surface area contributed by atoms with Crippen molar-refractivity contribution in [3.63, 3.8) is 0 Å². The van der Waals surface area contributed by atoms with Crippen LogP contribution in [0.4, 0.5) is 0 Å². The molecule has 0 unspecified atom stereocenters. The summed E-state index contributed by atoms with van der Waals surface area (Å²) in [5, 5.41) is 2.04. The number of hydrogen-bond acceptors (Lipinski definition) is 6. The number of oxazole rings is 1. The molecule has 0 aliphatic carbocycles. The highest BCUT2D eigenvalue weighted by molar-refractivity contribution is 7.86. The van der Waals surface area contributed by atoms with Gasteiger partial charge in [0.25, 0.3) is 10.1 Å². The maximum atomic E-state index is 12.4. The molecule has 0 saturated carbocycles. The molecule has 0 atom stereocenters. The Hall–Kier alpha value is -2.74. The second-order valence-electron chi connectivity index (χ2n) is 6.87. The molecule has 0 N–H and O–H groups in total. The van der Waals surface area contributed by atoms with E-state index in [1.165, 1.54) is 4.88 Å². The predicted octanol–water partition coefficient (Wildman–Crippen LogP) is 5.63. The number of hydrogen-bond donors (Lipinski definition) is 0. The van der Waals surface area contributed by atoms with E-state index in [4.69, 9.17) is 8.60 Å². The van der Waals surface area contributed by atoms with E-state index in [0.717, 1.165) is 11.1 Å². The van der Waals surface area contributed by atoms with Crippen LogP contribution in [0.5, 0.6) is 0 Å². The van der Waals surface area contributed by atoms with Crippen molar-refractivity contribution in [3.8, 4) is 21.9 Å². The van der Waals surface area contributed by atoms with E-state index < -0.39 is 10.1 Å². The molecule has 2 aromatic carbocycles. The van der Waals surface area contributed by atoms with E-state index in [1.54, 1.807) is 42.5 Å². The Morgan fingerprint density at radius 2 is 1.80 bits per heavy atom. The van der Waals surface area contributed by atoms with Crippen molar-refractivity contribution in [1.29, 1.82) is 0 Å². The van der Waals surface area contributed by atoms with E-state index in [-0.39, 0.29) is 11.5 Å². The van der Waals surface area contributed by atoms with Crippen LogP contribution in [0.3, 0.4) is 0 Å². The molecule has 2 aromatic heterocycles. The minimum absolute atomic E-state index is 0.00127. The molecule has 4 rings (SSSR count). The molecule has 0 saturated heterocycles. The van der Waals surface area contributed by atoms with Gasteiger partial charge in [-0.2, -0.15) is 8.42 Å². The van der Waals surface area contributed by atoms with Crippen molar-refractivity contribution in [3.05, 3.63) is 83.1 Å². The first kappa shape index (κ1) is 20.5. The van der Waals surface area contributed by atoms with Crippen LogP contribution in [-0.4, -0.2) is 20.0 Å². The predicted molar refractivity (Wildman–Crippen MR) is 118 cm³/mol. The van der Waals surface area contributed by atoms with Crippen LogP contribution in [0.15, 0.2) is 75.4 Å². The van der Waals surface area contributed by atoms with E-state index in [9.17, 15) is 8.42 Å². The lowest BCUT2D eigenvalue weighted by Crippen LogP contribution is -2.11. The Morgan fingerprint density at radius 3 is 2.57 bits per heavy atom. The van der Waals surface area contributed by atoms with E-state index in [1.807, 2.05) is 36.6 Å². The highest BCUT2D eigenvalue weighted by Gasteiger charge is 2.18. The van der Waals surface area contributed by atoms with Gasteiger partial charge in [-0.05, 0) is 54.6 Å². The summed E-state index contributed by atoms with van der Waals surface area (Å²) in [4.78, 5) is 5.94. The van der Waals surface area contributed by atoms with Gasteiger partial charge in [0.15, 0.2) is 0 Å². The van der Waals surface area contributed by atoms with E-state index in [0.29, 0.717) is 29.3 Å². The van der Waals surface area contributed by atoms with Crippen LogP contribution in [0, 0.1) is 13.8 Å². The SMILES string of the molecule is Cc1ccccc1S(=O)(=O)OCCc1nc(-c2cccc(-c3cccs3)c2)oc1C. The molecule has 0 bridgehead atoms. The molecule has 0 aliphatic rings. The van der Waals surface area contributed by atoms with Crippen LogP contribution in [0.1, 0.15) is 17.0 Å². The zero-order valence-corrected chi connectivity index (χ0v) is 18.3. The van der Waals surface area contributed by atoms with Gasteiger partial charge in [-0.15, -0.1) is 11.3 Å². The van der Waals surface area contributed by atoms with Crippen molar-refractivity contribution in [1.82, 2.24) is 4.98 Å². The number of aromatic nitrogens is 1. The summed E-state index contributed by atoms with van der Waals surface area (Å²) in [6.07, 6.45) is 0.338. The van der Waals surface area contributed by atoms with Crippen molar-refractivity contribution in [2.75, 3.05) is 6.61 Å². The number of thiophene rings is 1. The molecule has 0 radical (unpaired) electrons. The Balaban J connectivity index is 1.48. The summed E-state index contributed by atoms with van der Waals surface area (Å²) in [6.45, 7) is 3.57. The molecule has 5 nitrogen and oxygen atoms in total. The third kappa shape index (κ3) is 4.38. The first-order valence-corrected chi connectivity index (χ1v) is 11.8. The van der Waals surface area contributed by atoms with Gasteiger partial charge in [-0.3, -0.25) is 4.18 Å². The maximum Gasteiger partial charge on any atom is 0.297 e. The Kier molecular flexibility index (Phi) is 5.85. The van der Waals surface area contributed by atoms with Gasteiger partial charge in [0.1, 0.15) is 5.76 Å². The fraction of sp³-hybridized carbons (Fsp3) is 0.174. The highest BCUT2D eigenvalue weighted by atomic mass is 32.2. The normalized spacial score (nSPS) is 11.7. The molecule has 7 heteroatoms. The van der Waals surface area contributed by atoms with E-state index >= 15 is 0 Å². The van der Waals surface area contributed by atoms with Crippen LogP contribution >= 0.6 is 11.3 Å². The van der Waals surface area contributed by atoms with E-state index in [2.05, 4.69) is 17.1 Å². The molecule has 4 aromatic rings. The molecule has 2 heterocycles. The zero-order valence-electron chi connectivity index (χ0n) is 16.7. The molecular weight excluding hydrogens is 418 g/mol. The number of rotatable bonds is 7. The topological polar surface area (TPSA) is 69.4 Å². The molecule has 30 heavy (non-hydrogen) atoms. The minimum Gasteiger partial charge on any atom is -0.441 e. The molecule has 0 amide bonds. The average molecular weight is 440 g/mol. The van der Waals surface area contributed by atoms with Gasteiger partial charge in [0.2, 0.25) is 5.89 Å². The van der Waals surface area contributed by atoms with Crippen LogP contribution in [0.25, 0.3) is 21.9 Å². The minimum atomic E-state index is -3.81. The fourth-order valence-electron chi connectivity index (χ4n) is 3.18. The van der Waals surface area contributed by atoms with Gasteiger partial charge >= 0.3 is 0 Å². The summed E-state index contributed by atoms with van der Waals surface area (Å²) in [7, 11) is -3.81. The summed E-state index contributed by atoms with van der Waals surface area (Å²) in [6, 6.07) is 18.9. The molecule has 0 aliphatic heterocycles. The summed E-state index contributed by atoms with van der Waals surface area (Å²) in [5.41, 5.74) is 3.32. The lowest BCUT2D eigenvalue weighted by atomic mass is 10.1. The Morgan fingerprint density at radius 1 is 1.00 bits per heavy atom. The van der Waals surface area contributed by atoms with Crippen molar-refractivity contribution < 1.29 is 17.0 Å². The lowest BCUT2D eigenvalue weighted by molar-refractivity contribution is 0.320. The largest absolute Gasteiger partial charge is 0.441 e. The van der Waals surface area contributed by atoms with Crippen LogP contribution in [0.2, 0.25) is 0 Å². The van der Waals surface area contributed by atoms with Gasteiger partial charge < -0.3 is 4.42 Å². The van der Waals surface area contributed by atoms with Gasteiger partial charge in [-0.25, -0.2) is 4.98 Å². The molecule has 0 spiro atoms. The third-order valence-electron chi connectivity index (χ3n) is 4.75. The monoisotopic (exact) mass is 439 g/mol. The first-order valence-electron chi connectivity index (χ1n) is 9.50. The second kappa shape index (κ2) is 8.55. The smallest absolute Gasteiger partial charge is 0.297 e. The Bertz CT molecular complexity index is 1260. The number of aryl methyl sites for hydroxylation is 2. The molecule has 0 fully saturated rings. The zero-order chi connectivity index (χ0) is 21.1. The van der Waals surface area contributed by atoms with Gasteiger partial charge in [0, 0.05) is 16.9 Å². The first-order chi connectivity index (χ1) is 14.4. The summed E-state index contributed by atoms with van der Waals surface area (Å²) >= 11 is 1.68. The quantitative estimate of drug-likeness (QED) is 0.349. The maximum absolute atomic E-state index is 12.4. The highest BCUT2D eigenvalue weighted by Crippen LogP contribution is 2.30. The Labute approximate surface area is 180 Å². The summed E-state index contributed by atoms with van der Waals surface area (Å²) in [5.74, 6) is 1.17. The number of nitrogens with zero attached hydrogens (tertiary/aromatic N) is 1. The molecular formula is C23H21NO4S2. The van der Waals surface area contributed by atoms with Crippen LogP contribution < -0.4 is 0 Å².